The first-order valence-corrected chi connectivity index (χ1v) is 9.21. The molecule has 30 heavy (non-hydrogen) atoms. The summed E-state index contributed by atoms with van der Waals surface area (Å²) in [5.41, 5.74) is 2.47. The van der Waals surface area contributed by atoms with Gasteiger partial charge in [0, 0.05) is 22.9 Å². The molecule has 0 radical (unpaired) electrons. The molecule has 1 aromatic heterocycles. The van der Waals surface area contributed by atoms with E-state index >= 15 is 0 Å². The fourth-order valence-corrected chi connectivity index (χ4v) is 3.06. The molecule has 0 saturated carbocycles. The second-order valence-electron chi connectivity index (χ2n) is 6.49. The van der Waals surface area contributed by atoms with Crippen LogP contribution >= 0.6 is 0 Å². The largest absolute Gasteiger partial charge is 0.462 e. The highest BCUT2D eigenvalue weighted by atomic mass is 16.6. The van der Waals surface area contributed by atoms with Gasteiger partial charge in [0.05, 0.1) is 29.1 Å². The van der Waals surface area contributed by atoms with Crippen molar-refractivity contribution in [3.05, 3.63) is 81.2 Å². The number of hydrogen-bond donors (Lipinski definition) is 1. The SMILES string of the molecule is CCOC(=O)c1cnn(-c2cccc(NC(=O)c3cccc([N+](=O)[O-])c3C)c2)c1C. The Labute approximate surface area is 172 Å². The predicted molar refractivity (Wildman–Crippen MR) is 110 cm³/mol. The first kappa shape index (κ1) is 20.7. The normalized spacial score (nSPS) is 10.5. The van der Waals surface area contributed by atoms with Gasteiger partial charge < -0.3 is 10.1 Å². The van der Waals surface area contributed by atoms with Gasteiger partial charge in [-0.3, -0.25) is 14.9 Å². The van der Waals surface area contributed by atoms with Gasteiger partial charge in [-0.1, -0.05) is 12.1 Å². The third-order valence-electron chi connectivity index (χ3n) is 4.60. The van der Waals surface area contributed by atoms with E-state index < -0.39 is 16.8 Å². The number of ether oxygens (including phenoxy) is 1. The quantitative estimate of drug-likeness (QED) is 0.376. The second-order valence-corrected chi connectivity index (χ2v) is 6.49. The molecule has 0 aliphatic carbocycles. The van der Waals surface area contributed by atoms with Crippen LogP contribution in [-0.4, -0.2) is 33.2 Å². The summed E-state index contributed by atoms with van der Waals surface area (Å²) in [6.45, 7) is 5.28. The average molecular weight is 408 g/mol. The maximum Gasteiger partial charge on any atom is 0.341 e. The number of rotatable bonds is 6. The highest BCUT2D eigenvalue weighted by Gasteiger charge is 2.19. The van der Waals surface area contributed by atoms with E-state index in [1.807, 2.05) is 0 Å². The summed E-state index contributed by atoms with van der Waals surface area (Å²) in [6, 6.07) is 11.3. The van der Waals surface area contributed by atoms with Crippen LogP contribution in [0.4, 0.5) is 11.4 Å². The van der Waals surface area contributed by atoms with Gasteiger partial charge in [-0.2, -0.15) is 5.10 Å². The molecule has 0 spiro atoms. The Morgan fingerprint density at radius 2 is 1.90 bits per heavy atom. The number of aromatic nitrogens is 2. The van der Waals surface area contributed by atoms with E-state index in [0.717, 1.165) is 0 Å². The van der Waals surface area contributed by atoms with Crippen molar-refractivity contribution in [3.8, 4) is 5.69 Å². The summed E-state index contributed by atoms with van der Waals surface area (Å²) in [7, 11) is 0. The van der Waals surface area contributed by atoms with Gasteiger partial charge in [0.2, 0.25) is 0 Å². The predicted octanol–water partition coefficient (Wildman–Crippen LogP) is 3.83. The third kappa shape index (κ3) is 4.04. The van der Waals surface area contributed by atoms with E-state index in [1.54, 1.807) is 42.8 Å². The number of amides is 1. The van der Waals surface area contributed by atoms with Gasteiger partial charge in [-0.25, -0.2) is 9.48 Å². The van der Waals surface area contributed by atoms with Crippen LogP contribution in [0, 0.1) is 24.0 Å². The van der Waals surface area contributed by atoms with E-state index in [0.29, 0.717) is 22.6 Å². The number of benzene rings is 2. The van der Waals surface area contributed by atoms with Crippen molar-refractivity contribution in [2.45, 2.75) is 20.8 Å². The Bertz CT molecular complexity index is 1140. The van der Waals surface area contributed by atoms with E-state index in [-0.39, 0.29) is 23.4 Å². The summed E-state index contributed by atoms with van der Waals surface area (Å²) in [5, 5.41) is 18.1. The molecule has 2 aromatic carbocycles. The molecule has 9 heteroatoms. The zero-order valence-corrected chi connectivity index (χ0v) is 16.7. The molecule has 0 aliphatic heterocycles. The molecule has 0 unspecified atom stereocenters. The molecule has 154 valence electrons. The number of nitrogens with zero attached hydrogens (tertiary/aromatic N) is 3. The molecule has 0 fully saturated rings. The molecule has 0 aliphatic rings. The van der Waals surface area contributed by atoms with Crippen LogP contribution in [0.25, 0.3) is 5.69 Å². The van der Waals surface area contributed by atoms with Crippen LogP contribution < -0.4 is 5.32 Å². The smallest absolute Gasteiger partial charge is 0.341 e. The minimum absolute atomic E-state index is 0.116. The molecule has 3 rings (SSSR count). The lowest BCUT2D eigenvalue weighted by Crippen LogP contribution is -2.14. The summed E-state index contributed by atoms with van der Waals surface area (Å²) in [4.78, 5) is 35.3. The number of hydrogen-bond acceptors (Lipinski definition) is 6. The molecular formula is C21H20N4O5. The number of esters is 1. The number of nitrogens with one attached hydrogen (secondary N) is 1. The minimum Gasteiger partial charge on any atom is -0.462 e. The number of anilines is 1. The van der Waals surface area contributed by atoms with Gasteiger partial charge in [-0.05, 0) is 45.0 Å². The molecule has 0 saturated heterocycles. The lowest BCUT2D eigenvalue weighted by Gasteiger charge is -2.10. The van der Waals surface area contributed by atoms with Crippen molar-refractivity contribution in [1.29, 1.82) is 0 Å². The number of nitro groups is 1. The molecule has 0 atom stereocenters. The van der Waals surface area contributed by atoms with Crippen LogP contribution in [0.3, 0.4) is 0 Å². The van der Waals surface area contributed by atoms with Crippen molar-refractivity contribution in [2.75, 3.05) is 11.9 Å². The van der Waals surface area contributed by atoms with E-state index in [4.69, 9.17) is 4.74 Å². The van der Waals surface area contributed by atoms with Crippen LogP contribution in [-0.2, 0) is 4.74 Å². The molecule has 1 amide bonds. The van der Waals surface area contributed by atoms with Crippen LogP contribution in [0.5, 0.6) is 0 Å². The molecule has 1 N–H and O–H groups in total. The van der Waals surface area contributed by atoms with Gasteiger partial charge in [0.25, 0.3) is 11.6 Å². The first-order chi connectivity index (χ1) is 14.3. The second kappa shape index (κ2) is 8.56. The minimum atomic E-state index is -0.519. The maximum atomic E-state index is 12.7. The van der Waals surface area contributed by atoms with Crippen molar-refractivity contribution in [2.24, 2.45) is 0 Å². The van der Waals surface area contributed by atoms with Crippen LogP contribution in [0.15, 0.2) is 48.7 Å². The molecule has 9 nitrogen and oxygen atoms in total. The summed E-state index contributed by atoms with van der Waals surface area (Å²) < 4.78 is 6.59. The van der Waals surface area contributed by atoms with Gasteiger partial charge in [0.15, 0.2) is 0 Å². The standard InChI is InChI=1S/C21H20N4O5/c1-4-30-21(27)18-12-22-24(14(18)3)16-8-5-7-15(11-16)23-20(26)17-9-6-10-19(13(17)2)25(28)29/h5-12H,4H2,1-3H3,(H,23,26). The lowest BCUT2D eigenvalue weighted by molar-refractivity contribution is -0.385. The van der Waals surface area contributed by atoms with Crippen LogP contribution in [0.2, 0.25) is 0 Å². The first-order valence-electron chi connectivity index (χ1n) is 9.21. The number of carbonyl (C=O) groups excluding carboxylic acids is 2. The Balaban J connectivity index is 1.87. The lowest BCUT2D eigenvalue weighted by atomic mass is 10.1. The average Bonchev–Trinajstić information content (AvgIpc) is 3.09. The van der Waals surface area contributed by atoms with Crippen LogP contribution in [0.1, 0.15) is 38.9 Å². The Morgan fingerprint density at radius 3 is 2.60 bits per heavy atom. The van der Waals surface area contributed by atoms with E-state index in [9.17, 15) is 19.7 Å². The van der Waals surface area contributed by atoms with Gasteiger partial charge in [-0.15, -0.1) is 0 Å². The molecule has 0 bridgehead atoms. The highest BCUT2D eigenvalue weighted by Crippen LogP contribution is 2.23. The summed E-state index contributed by atoms with van der Waals surface area (Å²) >= 11 is 0. The van der Waals surface area contributed by atoms with Crippen molar-refractivity contribution in [1.82, 2.24) is 9.78 Å². The fraction of sp³-hybridized carbons (Fsp3) is 0.190. The van der Waals surface area contributed by atoms with E-state index in [1.165, 1.54) is 31.3 Å². The van der Waals surface area contributed by atoms with Crippen molar-refractivity contribution < 1.29 is 19.2 Å². The monoisotopic (exact) mass is 408 g/mol. The zero-order valence-electron chi connectivity index (χ0n) is 16.7. The maximum absolute atomic E-state index is 12.7. The van der Waals surface area contributed by atoms with Crippen molar-refractivity contribution >= 4 is 23.3 Å². The number of carbonyl (C=O) groups is 2. The third-order valence-corrected chi connectivity index (χ3v) is 4.60. The summed E-state index contributed by atoms with van der Waals surface area (Å²) in [5.74, 6) is -0.912. The number of nitro benzene ring substituents is 1. The van der Waals surface area contributed by atoms with Gasteiger partial charge >= 0.3 is 5.97 Å². The molecule has 1 heterocycles. The zero-order chi connectivity index (χ0) is 21.8. The van der Waals surface area contributed by atoms with Gasteiger partial charge in [0.1, 0.15) is 5.56 Å². The highest BCUT2D eigenvalue weighted by molar-refractivity contribution is 6.06. The Morgan fingerprint density at radius 1 is 1.17 bits per heavy atom. The van der Waals surface area contributed by atoms with Crippen molar-refractivity contribution in [3.63, 3.8) is 0 Å². The Hall–Kier alpha value is -4.01. The fourth-order valence-electron chi connectivity index (χ4n) is 3.06. The molecular weight excluding hydrogens is 388 g/mol. The topological polar surface area (TPSA) is 116 Å². The van der Waals surface area contributed by atoms with E-state index in [2.05, 4.69) is 10.4 Å². The summed E-state index contributed by atoms with van der Waals surface area (Å²) in [6.07, 6.45) is 1.44. The Kier molecular flexibility index (Phi) is 5.91. The molecule has 3 aromatic rings.